The lowest BCUT2D eigenvalue weighted by atomic mass is 9.93. The Kier molecular flexibility index (Phi) is 5.30. The first kappa shape index (κ1) is 18.4. The van der Waals surface area contributed by atoms with Gasteiger partial charge in [0.1, 0.15) is 0 Å². The average molecular weight is 369 g/mol. The third-order valence-corrected chi connectivity index (χ3v) is 5.61. The molecule has 5 heteroatoms. The molecule has 3 aromatic rings. The van der Waals surface area contributed by atoms with Crippen LogP contribution < -0.4 is 0 Å². The zero-order valence-corrected chi connectivity index (χ0v) is 16.0. The molecule has 0 saturated heterocycles. The lowest BCUT2D eigenvalue weighted by Crippen LogP contribution is -2.43. The molecule has 2 heterocycles. The molecule has 0 amide bonds. The van der Waals surface area contributed by atoms with Gasteiger partial charge < -0.3 is 14.4 Å². The SMILES string of the molecule is CCOC(Cn1c(C)ccc1-c1cc(C)cs1)(C(=O)O)c1ccccc1. The van der Waals surface area contributed by atoms with Crippen LogP contribution in [-0.2, 0) is 21.7 Å². The summed E-state index contributed by atoms with van der Waals surface area (Å²) in [6.45, 7) is 6.41. The maximum absolute atomic E-state index is 12.4. The molecule has 0 radical (unpaired) electrons. The number of hydrogen-bond donors (Lipinski definition) is 1. The third kappa shape index (κ3) is 3.32. The minimum atomic E-state index is -1.43. The fourth-order valence-electron chi connectivity index (χ4n) is 3.21. The maximum Gasteiger partial charge on any atom is 0.342 e. The molecule has 0 spiro atoms. The van der Waals surface area contributed by atoms with E-state index in [-0.39, 0.29) is 6.54 Å². The van der Waals surface area contributed by atoms with Crippen molar-refractivity contribution in [3.63, 3.8) is 0 Å². The zero-order valence-electron chi connectivity index (χ0n) is 15.2. The second kappa shape index (κ2) is 7.48. The number of carboxylic acids is 1. The van der Waals surface area contributed by atoms with E-state index >= 15 is 0 Å². The fourth-order valence-corrected chi connectivity index (χ4v) is 4.14. The molecule has 1 unspecified atom stereocenters. The fraction of sp³-hybridized carbons (Fsp3) is 0.286. The Bertz CT molecular complexity index is 897. The van der Waals surface area contributed by atoms with Gasteiger partial charge in [0, 0.05) is 12.3 Å². The molecule has 4 nitrogen and oxygen atoms in total. The number of aryl methyl sites for hydroxylation is 2. The Morgan fingerprint density at radius 2 is 1.92 bits per heavy atom. The highest BCUT2D eigenvalue weighted by Gasteiger charge is 2.42. The maximum atomic E-state index is 12.4. The molecule has 0 bridgehead atoms. The molecule has 2 aromatic heterocycles. The van der Waals surface area contributed by atoms with Crippen molar-refractivity contribution in [3.05, 3.63) is 70.7 Å². The summed E-state index contributed by atoms with van der Waals surface area (Å²) < 4.78 is 7.93. The smallest absolute Gasteiger partial charge is 0.342 e. The van der Waals surface area contributed by atoms with E-state index in [9.17, 15) is 9.90 Å². The van der Waals surface area contributed by atoms with Crippen molar-refractivity contribution in [3.8, 4) is 10.6 Å². The summed E-state index contributed by atoms with van der Waals surface area (Å²) in [6.07, 6.45) is 0. The van der Waals surface area contributed by atoms with Gasteiger partial charge in [0.05, 0.1) is 17.1 Å². The van der Waals surface area contributed by atoms with Crippen molar-refractivity contribution >= 4 is 17.3 Å². The van der Waals surface area contributed by atoms with Gasteiger partial charge in [-0.05, 0) is 55.5 Å². The zero-order chi connectivity index (χ0) is 18.7. The van der Waals surface area contributed by atoms with Gasteiger partial charge in [-0.1, -0.05) is 30.3 Å². The van der Waals surface area contributed by atoms with E-state index in [1.807, 2.05) is 60.9 Å². The van der Waals surface area contributed by atoms with Crippen LogP contribution in [0.25, 0.3) is 10.6 Å². The second-order valence-corrected chi connectivity index (χ2v) is 7.28. The van der Waals surface area contributed by atoms with E-state index in [2.05, 4.69) is 18.4 Å². The standard InChI is InChI=1S/C21H23NO3S/c1-4-25-21(20(23)24,17-8-6-5-7-9-17)14-22-16(3)10-11-18(22)19-12-15(2)13-26-19/h5-13H,4,14H2,1-3H3,(H,23,24). The molecular formula is C21H23NO3S. The summed E-state index contributed by atoms with van der Waals surface area (Å²) in [7, 11) is 0. The topological polar surface area (TPSA) is 51.5 Å². The van der Waals surface area contributed by atoms with Gasteiger partial charge >= 0.3 is 5.97 Å². The van der Waals surface area contributed by atoms with Crippen LogP contribution in [-0.4, -0.2) is 22.2 Å². The van der Waals surface area contributed by atoms with Gasteiger partial charge in [0.25, 0.3) is 0 Å². The normalized spacial score (nSPS) is 13.5. The summed E-state index contributed by atoms with van der Waals surface area (Å²) in [5.41, 5.74) is 2.44. The average Bonchev–Trinajstić information content (AvgIpc) is 3.21. The van der Waals surface area contributed by atoms with Gasteiger partial charge in [-0.25, -0.2) is 4.79 Å². The number of ether oxygens (including phenoxy) is 1. The second-order valence-electron chi connectivity index (χ2n) is 6.37. The summed E-state index contributed by atoms with van der Waals surface area (Å²) in [6, 6.07) is 15.4. The summed E-state index contributed by atoms with van der Waals surface area (Å²) in [5, 5.41) is 12.2. The molecule has 1 atom stereocenters. The van der Waals surface area contributed by atoms with Gasteiger partial charge in [-0.3, -0.25) is 0 Å². The van der Waals surface area contributed by atoms with Crippen molar-refractivity contribution < 1.29 is 14.6 Å². The van der Waals surface area contributed by atoms with Crippen molar-refractivity contribution in [2.24, 2.45) is 0 Å². The first-order chi connectivity index (χ1) is 12.5. The van der Waals surface area contributed by atoms with E-state index in [4.69, 9.17) is 4.74 Å². The van der Waals surface area contributed by atoms with E-state index < -0.39 is 11.6 Å². The highest BCUT2D eigenvalue weighted by atomic mass is 32.1. The van der Waals surface area contributed by atoms with Crippen molar-refractivity contribution in [2.45, 2.75) is 32.9 Å². The lowest BCUT2D eigenvalue weighted by molar-refractivity contribution is -0.169. The highest BCUT2D eigenvalue weighted by molar-refractivity contribution is 7.13. The van der Waals surface area contributed by atoms with Gasteiger partial charge in [0.2, 0.25) is 5.60 Å². The highest BCUT2D eigenvalue weighted by Crippen LogP contribution is 2.34. The molecule has 1 aromatic carbocycles. The van der Waals surface area contributed by atoms with E-state index in [1.54, 1.807) is 11.3 Å². The number of aromatic nitrogens is 1. The van der Waals surface area contributed by atoms with Crippen LogP contribution in [0.2, 0.25) is 0 Å². The predicted octanol–water partition coefficient (Wildman–Crippen LogP) is 4.85. The molecule has 136 valence electrons. The summed E-state index contributed by atoms with van der Waals surface area (Å²) >= 11 is 1.66. The molecule has 0 saturated carbocycles. The summed E-state index contributed by atoms with van der Waals surface area (Å²) in [5.74, 6) is -0.980. The van der Waals surface area contributed by atoms with Gasteiger partial charge in [0.15, 0.2) is 0 Å². The Morgan fingerprint density at radius 3 is 2.50 bits per heavy atom. The molecule has 0 aliphatic rings. The largest absolute Gasteiger partial charge is 0.479 e. The minimum absolute atomic E-state index is 0.214. The third-order valence-electron chi connectivity index (χ3n) is 4.54. The number of thiophene rings is 1. The van der Waals surface area contributed by atoms with Crippen LogP contribution in [0.4, 0.5) is 0 Å². The molecule has 0 aliphatic carbocycles. The van der Waals surface area contributed by atoms with Crippen molar-refractivity contribution in [1.29, 1.82) is 0 Å². The van der Waals surface area contributed by atoms with Crippen LogP contribution in [0.15, 0.2) is 53.9 Å². The molecule has 1 N–H and O–H groups in total. The van der Waals surface area contributed by atoms with E-state index in [0.717, 1.165) is 16.3 Å². The Balaban J connectivity index is 2.11. The molecule has 3 rings (SSSR count). The first-order valence-electron chi connectivity index (χ1n) is 8.62. The van der Waals surface area contributed by atoms with Crippen molar-refractivity contribution in [1.82, 2.24) is 4.57 Å². The number of carboxylic acid groups (broad SMARTS) is 1. The van der Waals surface area contributed by atoms with Crippen LogP contribution in [0.1, 0.15) is 23.7 Å². The van der Waals surface area contributed by atoms with Crippen LogP contribution >= 0.6 is 11.3 Å². The van der Waals surface area contributed by atoms with Gasteiger partial charge in [-0.2, -0.15) is 0 Å². The quantitative estimate of drug-likeness (QED) is 0.648. The predicted molar refractivity (Wildman–Crippen MR) is 105 cm³/mol. The Labute approximate surface area is 157 Å². The number of carbonyl (C=O) groups is 1. The number of rotatable bonds is 7. The number of hydrogen-bond acceptors (Lipinski definition) is 3. The van der Waals surface area contributed by atoms with Crippen LogP contribution in [0.5, 0.6) is 0 Å². The molecule has 0 aliphatic heterocycles. The van der Waals surface area contributed by atoms with E-state index in [0.29, 0.717) is 12.2 Å². The van der Waals surface area contributed by atoms with Crippen LogP contribution in [0, 0.1) is 13.8 Å². The molecule has 26 heavy (non-hydrogen) atoms. The first-order valence-corrected chi connectivity index (χ1v) is 9.50. The molecule has 0 fully saturated rings. The van der Waals surface area contributed by atoms with E-state index in [1.165, 1.54) is 5.56 Å². The van der Waals surface area contributed by atoms with Crippen LogP contribution in [0.3, 0.4) is 0 Å². The van der Waals surface area contributed by atoms with Gasteiger partial charge in [-0.15, -0.1) is 11.3 Å². The minimum Gasteiger partial charge on any atom is -0.479 e. The monoisotopic (exact) mass is 369 g/mol. The van der Waals surface area contributed by atoms with Crippen molar-refractivity contribution in [2.75, 3.05) is 6.61 Å². The summed E-state index contributed by atoms with van der Waals surface area (Å²) in [4.78, 5) is 13.5. The molecular weight excluding hydrogens is 346 g/mol. The number of benzene rings is 1. The number of aliphatic carboxylic acids is 1. The Morgan fingerprint density at radius 1 is 1.19 bits per heavy atom. The number of nitrogens with zero attached hydrogens (tertiary/aromatic N) is 1. The Hall–Kier alpha value is -2.37. The lowest BCUT2D eigenvalue weighted by Gasteiger charge is -2.31.